The summed E-state index contributed by atoms with van der Waals surface area (Å²) in [5.41, 5.74) is 1.93. The monoisotopic (exact) mass is 593 g/mol. The van der Waals surface area contributed by atoms with Gasteiger partial charge in [0.15, 0.2) is 6.29 Å². The number of fused-ring (bicyclic) bond motifs is 1. The second-order valence-corrected chi connectivity index (χ2v) is 11.2. The predicted molar refractivity (Wildman–Crippen MR) is 150 cm³/mol. The molecule has 0 N–H and O–H groups in total. The zero-order valence-electron chi connectivity index (χ0n) is 22.1. The summed E-state index contributed by atoms with van der Waals surface area (Å²) in [5, 5.41) is 9.20. The standard InChI is InChI=1S/C29H25ClFN5O4S/c1-16-9-10-18(11-20(16)31)21-14-36(35-34-21)24-25-22(15-38-28(40-25)17-7-5-4-6-8-17)39-29(26(24)37-3)41-23-12-19(30)13-33-27(23)32-2/h4-14,22,24-26,28-29H,15H2,1,3H3/t22?,24-,25-,26?,28?,29+/m0/s1. The van der Waals surface area contributed by atoms with Gasteiger partial charge in [0.1, 0.15) is 47.5 Å². The number of thioether (sulfide) groups is 1. The molecule has 0 aliphatic carbocycles. The van der Waals surface area contributed by atoms with Crippen molar-refractivity contribution in [2.24, 2.45) is 0 Å². The van der Waals surface area contributed by atoms with Crippen LogP contribution < -0.4 is 0 Å². The quantitative estimate of drug-likeness (QED) is 0.245. The van der Waals surface area contributed by atoms with E-state index in [-0.39, 0.29) is 18.2 Å². The summed E-state index contributed by atoms with van der Waals surface area (Å²) in [6.45, 7) is 9.51. The Bertz CT molecular complexity index is 1590. The van der Waals surface area contributed by atoms with Crippen LogP contribution in [0.5, 0.6) is 0 Å². The summed E-state index contributed by atoms with van der Waals surface area (Å²) in [5.74, 6) is -0.111. The number of pyridine rings is 1. The van der Waals surface area contributed by atoms with Crippen molar-refractivity contribution >= 4 is 29.2 Å². The van der Waals surface area contributed by atoms with E-state index in [4.69, 9.17) is 37.1 Å². The second kappa shape index (κ2) is 11.9. The maximum atomic E-state index is 14.4. The SMILES string of the molecule is [C-]#[N+]c1ncc(Cl)cc1S[C@H]1OC2COC(c3ccccc3)O[C@@H]2[C@H](n2cc(-c3ccc(C)c(F)c3)nn2)C1OC. The molecule has 0 spiro atoms. The van der Waals surface area contributed by atoms with Crippen LogP contribution in [0.3, 0.4) is 0 Å². The van der Waals surface area contributed by atoms with Gasteiger partial charge in [-0.1, -0.05) is 65.9 Å². The van der Waals surface area contributed by atoms with E-state index in [1.807, 2.05) is 30.3 Å². The Hall–Kier alpha value is -3.37. The van der Waals surface area contributed by atoms with Crippen LogP contribution in [0.25, 0.3) is 16.1 Å². The van der Waals surface area contributed by atoms with Crippen molar-refractivity contribution in [3.05, 3.63) is 100 Å². The minimum atomic E-state index is -0.620. The molecule has 41 heavy (non-hydrogen) atoms. The van der Waals surface area contributed by atoms with Crippen LogP contribution in [0, 0.1) is 19.3 Å². The molecule has 0 amide bonds. The van der Waals surface area contributed by atoms with Crippen molar-refractivity contribution in [3.63, 3.8) is 0 Å². The molecular weight excluding hydrogens is 569 g/mol. The maximum absolute atomic E-state index is 14.4. The molecule has 2 aliphatic rings. The number of hydrogen-bond donors (Lipinski definition) is 0. The van der Waals surface area contributed by atoms with Crippen molar-refractivity contribution < 1.29 is 23.3 Å². The van der Waals surface area contributed by atoms with Crippen LogP contribution in [-0.2, 0) is 18.9 Å². The molecular formula is C29H25ClFN5O4S. The Morgan fingerprint density at radius 2 is 2.00 bits per heavy atom. The Morgan fingerprint density at radius 1 is 1.17 bits per heavy atom. The molecule has 6 rings (SSSR count). The molecule has 6 atom stereocenters. The van der Waals surface area contributed by atoms with Crippen molar-refractivity contribution in [3.8, 4) is 11.3 Å². The number of nitrogens with zero attached hydrogens (tertiary/aromatic N) is 5. The lowest BCUT2D eigenvalue weighted by atomic mass is 9.95. The highest BCUT2D eigenvalue weighted by atomic mass is 35.5. The van der Waals surface area contributed by atoms with Crippen molar-refractivity contribution in [2.45, 2.75) is 47.9 Å². The van der Waals surface area contributed by atoms with Gasteiger partial charge in [-0.3, -0.25) is 0 Å². The first-order valence-electron chi connectivity index (χ1n) is 12.8. The fourth-order valence-electron chi connectivity index (χ4n) is 5.01. The predicted octanol–water partition coefficient (Wildman–Crippen LogP) is 6.18. The minimum absolute atomic E-state index is 0.209. The van der Waals surface area contributed by atoms with E-state index in [0.717, 1.165) is 5.56 Å². The maximum Gasteiger partial charge on any atom is 0.283 e. The lowest BCUT2D eigenvalue weighted by Crippen LogP contribution is -2.59. The van der Waals surface area contributed by atoms with Crippen molar-refractivity contribution in [2.75, 3.05) is 13.7 Å². The van der Waals surface area contributed by atoms with Gasteiger partial charge in [-0.15, -0.1) is 21.8 Å². The van der Waals surface area contributed by atoms with Gasteiger partial charge in [0.25, 0.3) is 5.82 Å². The van der Waals surface area contributed by atoms with Gasteiger partial charge in [-0.25, -0.2) is 9.07 Å². The first kappa shape index (κ1) is 27.8. The van der Waals surface area contributed by atoms with E-state index in [1.54, 1.807) is 43.1 Å². The Kier molecular flexibility index (Phi) is 8.03. The highest BCUT2D eigenvalue weighted by Gasteiger charge is 2.52. The van der Waals surface area contributed by atoms with Gasteiger partial charge >= 0.3 is 0 Å². The summed E-state index contributed by atoms with van der Waals surface area (Å²) < 4.78 is 41.2. The van der Waals surface area contributed by atoms with Crippen molar-refractivity contribution in [1.29, 1.82) is 0 Å². The van der Waals surface area contributed by atoms with Crippen molar-refractivity contribution in [1.82, 2.24) is 20.0 Å². The van der Waals surface area contributed by atoms with E-state index in [0.29, 0.717) is 26.7 Å². The number of halogens is 2. The summed E-state index contributed by atoms with van der Waals surface area (Å²) in [6, 6.07) is 15.8. The normalized spacial score (nSPS) is 25.8. The highest BCUT2D eigenvalue weighted by Crippen LogP contribution is 2.46. The molecule has 4 heterocycles. The third-order valence-electron chi connectivity index (χ3n) is 7.09. The fraction of sp³-hybridized carbons (Fsp3) is 0.310. The summed E-state index contributed by atoms with van der Waals surface area (Å²) in [6.07, 6.45) is 0.954. The van der Waals surface area contributed by atoms with Gasteiger partial charge in [0, 0.05) is 23.1 Å². The smallest absolute Gasteiger partial charge is 0.283 e. The largest absolute Gasteiger partial charge is 0.375 e. The summed E-state index contributed by atoms with van der Waals surface area (Å²) >= 11 is 7.50. The van der Waals surface area contributed by atoms with Gasteiger partial charge in [-0.2, -0.15) is 0 Å². The molecule has 0 saturated carbocycles. The van der Waals surface area contributed by atoms with E-state index in [2.05, 4.69) is 20.1 Å². The number of hydrogen-bond acceptors (Lipinski definition) is 8. The topological polar surface area (TPSA) is 84.9 Å². The van der Waals surface area contributed by atoms with Gasteiger partial charge in [0.2, 0.25) is 0 Å². The van der Waals surface area contributed by atoms with Gasteiger partial charge < -0.3 is 23.8 Å². The zero-order chi connectivity index (χ0) is 28.5. The second-order valence-electron chi connectivity index (χ2n) is 9.66. The molecule has 12 heteroatoms. The molecule has 0 radical (unpaired) electrons. The van der Waals surface area contributed by atoms with Crippen LogP contribution in [0.4, 0.5) is 10.2 Å². The van der Waals surface area contributed by atoms with Crippen LogP contribution in [-0.4, -0.2) is 57.4 Å². The first-order valence-corrected chi connectivity index (χ1v) is 14.1. The van der Waals surface area contributed by atoms with E-state index in [1.165, 1.54) is 24.0 Å². The fourth-order valence-corrected chi connectivity index (χ4v) is 6.49. The first-order chi connectivity index (χ1) is 19.9. The Labute approximate surface area is 245 Å². The number of methoxy groups -OCH3 is 1. The van der Waals surface area contributed by atoms with E-state index in [9.17, 15) is 4.39 Å². The zero-order valence-corrected chi connectivity index (χ0v) is 23.6. The summed E-state index contributed by atoms with van der Waals surface area (Å²) in [4.78, 5) is 8.25. The number of aryl methyl sites for hydroxylation is 1. The number of benzene rings is 2. The molecule has 2 aromatic heterocycles. The van der Waals surface area contributed by atoms with Crippen LogP contribution in [0.2, 0.25) is 5.02 Å². The third-order valence-corrected chi connectivity index (χ3v) is 8.46. The Morgan fingerprint density at radius 3 is 2.76 bits per heavy atom. The van der Waals surface area contributed by atoms with Gasteiger partial charge in [0.05, 0.1) is 17.8 Å². The van der Waals surface area contributed by atoms with E-state index < -0.39 is 36.1 Å². The van der Waals surface area contributed by atoms with Gasteiger partial charge in [-0.05, 0) is 24.6 Å². The molecule has 3 unspecified atom stereocenters. The molecule has 4 aromatic rings. The molecule has 2 aromatic carbocycles. The minimum Gasteiger partial charge on any atom is -0.375 e. The molecule has 9 nitrogen and oxygen atoms in total. The number of ether oxygens (including phenoxy) is 4. The highest BCUT2D eigenvalue weighted by molar-refractivity contribution is 8.00. The van der Waals surface area contributed by atoms with E-state index >= 15 is 0 Å². The molecule has 210 valence electrons. The summed E-state index contributed by atoms with van der Waals surface area (Å²) in [7, 11) is 1.59. The molecule has 2 fully saturated rings. The molecule has 0 bridgehead atoms. The number of rotatable bonds is 6. The lowest BCUT2D eigenvalue weighted by molar-refractivity contribution is -0.308. The van der Waals surface area contributed by atoms with Crippen LogP contribution in [0.15, 0.2) is 71.9 Å². The van der Waals surface area contributed by atoms with Crippen LogP contribution in [0.1, 0.15) is 23.5 Å². The molecule has 2 saturated heterocycles. The average molecular weight is 594 g/mol. The third kappa shape index (κ3) is 5.59. The average Bonchev–Trinajstić information content (AvgIpc) is 3.48. The lowest BCUT2D eigenvalue weighted by Gasteiger charge is -2.48. The number of aromatic nitrogens is 4. The van der Waals surface area contributed by atoms with Crippen LogP contribution >= 0.6 is 23.4 Å². The molecule has 2 aliphatic heterocycles. The Balaban J connectivity index is 1.38.